The fraction of sp³-hybridized carbons (Fsp3) is 0.381. The summed E-state index contributed by atoms with van der Waals surface area (Å²) in [5.74, 6) is 1.22. The van der Waals surface area contributed by atoms with Crippen molar-refractivity contribution in [1.82, 2.24) is 4.90 Å². The zero-order chi connectivity index (χ0) is 17.5. The molecule has 3 rings (SSSR count). The smallest absolute Gasteiger partial charge is 0.257 e. The van der Waals surface area contributed by atoms with E-state index in [1.54, 1.807) is 7.11 Å². The number of hydrogen-bond acceptors (Lipinski definition) is 3. The molecule has 1 heterocycles. The van der Waals surface area contributed by atoms with Gasteiger partial charge in [0.1, 0.15) is 5.75 Å². The zero-order valence-electron chi connectivity index (χ0n) is 14.7. The van der Waals surface area contributed by atoms with Gasteiger partial charge in [0, 0.05) is 19.7 Å². The molecule has 1 aliphatic rings. The van der Waals surface area contributed by atoms with Crippen molar-refractivity contribution in [3.63, 3.8) is 0 Å². The molecule has 25 heavy (non-hydrogen) atoms. The van der Waals surface area contributed by atoms with Gasteiger partial charge < -0.3 is 14.4 Å². The van der Waals surface area contributed by atoms with E-state index in [2.05, 4.69) is 12.1 Å². The molecule has 2 aromatic rings. The molecule has 0 aromatic heterocycles. The minimum Gasteiger partial charge on any atom is -0.496 e. The molecule has 0 bridgehead atoms. The summed E-state index contributed by atoms with van der Waals surface area (Å²) in [6.07, 6.45) is 1.96. The second-order valence-electron chi connectivity index (χ2n) is 6.44. The van der Waals surface area contributed by atoms with Gasteiger partial charge in [-0.25, -0.2) is 0 Å². The van der Waals surface area contributed by atoms with E-state index in [1.807, 2.05) is 47.4 Å². The number of hydrogen-bond donors (Lipinski definition) is 0. The van der Waals surface area contributed by atoms with E-state index in [4.69, 9.17) is 9.47 Å². The van der Waals surface area contributed by atoms with E-state index < -0.39 is 0 Å². The second kappa shape index (κ2) is 8.67. The topological polar surface area (TPSA) is 38.8 Å². The molecular formula is C21H25NO3. The van der Waals surface area contributed by atoms with Gasteiger partial charge in [-0.3, -0.25) is 4.79 Å². The number of para-hydroxylation sites is 1. The Morgan fingerprint density at radius 1 is 1.04 bits per heavy atom. The molecule has 1 aliphatic heterocycles. The molecule has 4 nitrogen and oxygen atoms in total. The normalized spacial score (nSPS) is 15.2. The average molecular weight is 339 g/mol. The van der Waals surface area contributed by atoms with Gasteiger partial charge in [-0.1, -0.05) is 42.5 Å². The van der Waals surface area contributed by atoms with Gasteiger partial charge in [0.15, 0.2) is 0 Å². The molecule has 0 spiro atoms. The highest BCUT2D eigenvalue weighted by Gasteiger charge is 2.25. The molecule has 0 radical (unpaired) electrons. The Morgan fingerprint density at radius 2 is 1.72 bits per heavy atom. The largest absolute Gasteiger partial charge is 0.496 e. The molecule has 132 valence electrons. The minimum absolute atomic E-state index is 0.0566. The number of rotatable bonds is 6. The number of amides is 1. The predicted molar refractivity (Wildman–Crippen MR) is 97.7 cm³/mol. The summed E-state index contributed by atoms with van der Waals surface area (Å²) >= 11 is 0. The minimum atomic E-state index is 0.0566. The number of carbonyl (C=O) groups is 1. The van der Waals surface area contributed by atoms with Crippen LogP contribution >= 0.6 is 0 Å². The van der Waals surface area contributed by atoms with Crippen LogP contribution in [0.2, 0.25) is 0 Å². The molecular weight excluding hydrogens is 314 g/mol. The SMILES string of the molecule is COc1ccccc1C(=O)N1CCC(COCc2ccccc2)CC1. The van der Waals surface area contributed by atoms with E-state index in [-0.39, 0.29) is 5.91 Å². The van der Waals surface area contributed by atoms with Crippen molar-refractivity contribution in [3.8, 4) is 5.75 Å². The predicted octanol–water partition coefficient (Wildman–Crippen LogP) is 3.76. The first kappa shape index (κ1) is 17.5. The van der Waals surface area contributed by atoms with Crippen LogP contribution in [0.1, 0.15) is 28.8 Å². The van der Waals surface area contributed by atoms with Crippen molar-refractivity contribution in [2.45, 2.75) is 19.4 Å². The number of benzene rings is 2. The molecule has 0 aliphatic carbocycles. The highest BCUT2D eigenvalue weighted by atomic mass is 16.5. The third-order valence-electron chi connectivity index (χ3n) is 4.70. The Hall–Kier alpha value is -2.33. The standard InChI is InChI=1S/C21H25NO3/c1-24-20-10-6-5-9-19(20)21(23)22-13-11-18(12-14-22)16-25-15-17-7-3-2-4-8-17/h2-10,18H,11-16H2,1H3. The van der Waals surface area contributed by atoms with Gasteiger partial charge in [-0.2, -0.15) is 0 Å². The van der Waals surface area contributed by atoms with E-state index in [9.17, 15) is 4.79 Å². The Balaban J connectivity index is 1.46. The van der Waals surface area contributed by atoms with Crippen LogP contribution in [0.25, 0.3) is 0 Å². The first-order valence-corrected chi connectivity index (χ1v) is 8.82. The molecule has 0 unspecified atom stereocenters. The highest BCUT2D eigenvalue weighted by molar-refractivity contribution is 5.97. The highest BCUT2D eigenvalue weighted by Crippen LogP contribution is 2.23. The van der Waals surface area contributed by atoms with Crippen LogP contribution in [0.5, 0.6) is 5.75 Å². The Bertz CT molecular complexity index is 679. The number of methoxy groups -OCH3 is 1. The van der Waals surface area contributed by atoms with Crippen LogP contribution in [0.4, 0.5) is 0 Å². The van der Waals surface area contributed by atoms with Crippen molar-refractivity contribution < 1.29 is 14.3 Å². The molecule has 4 heteroatoms. The van der Waals surface area contributed by atoms with Crippen molar-refractivity contribution >= 4 is 5.91 Å². The lowest BCUT2D eigenvalue weighted by Crippen LogP contribution is -2.39. The number of nitrogens with zero attached hydrogens (tertiary/aromatic N) is 1. The quantitative estimate of drug-likeness (QED) is 0.804. The first-order chi connectivity index (χ1) is 12.3. The summed E-state index contributed by atoms with van der Waals surface area (Å²) < 4.78 is 11.2. The monoisotopic (exact) mass is 339 g/mol. The molecule has 0 atom stereocenters. The lowest BCUT2D eigenvalue weighted by Gasteiger charge is -2.32. The number of piperidine rings is 1. The molecule has 1 fully saturated rings. The third kappa shape index (κ3) is 4.60. The van der Waals surface area contributed by atoms with Crippen molar-refractivity contribution in [2.75, 3.05) is 26.8 Å². The average Bonchev–Trinajstić information content (AvgIpc) is 2.69. The summed E-state index contributed by atoms with van der Waals surface area (Å²) in [6.45, 7) is 2.96. The molecule has 1 saturated heterocycles. The molecule has 2 aromatic carbocycles. The summed E-state index contributed by atoms with van der Waals surface area (Å²) in [4.78, 5) is 14.6. The van der Waals surface area contributed by atoms with E-state index >= 15 is 0 Å². The third-order valence-corrected chi connectivity index (χ3v) is 4.70. The van der Waals surface area contributed by atoms with Gasteiger partial charge in [-0.05, 0) is 36.5 Å². The zero-order valence-corrected chi connectivity index (χ0v) is 14.7. The van der Waals surface area contributed by atoms with Gasteiger partial charge >= 0.3 is 0 Å². The number of carbonyl (C=O) groups excluding carboxylic acids is 1. The lowest BCUT2D eigenvalue weighted by atomic mass is 9.97. The Kier molecular flexibility index (Phi) is 6.07. The van der Waals surface area contributed by atoms with Crippen LogP contribution in [-0.2, 0) is 11.3 Å². The second-order valence-corrected chi connectivity index (χ2v) is 6.44. The molecule has 1 amide bonds. The maximum absolute atomic E-state index is 12.7. The molecule has 0 saturated carbocycles. The van der Waals surface area contributed by atoms with Crippen LogP contribution in [-0.4, -0.2) is 37.6 Å². The number of ether oxygens (including phenoxy) is 2. The lowest BCUT2D eigenvalue weighted by molar-refractivity contribution is 0.0477. The summed E-state index contributed by atoms with van der Waals surface area (Å²) in [5, 5.41) is 0. The van der Waals surface area contributed by atoms with Crippen LogP contribution < -0.4 is 4.74 Å². The van der Waals surface area contributed by atoms with Crippen LogP contribution in [0, 0.1) is 5.92 Å². The summed E-state index contributed by atoms with van der Waals surface area (Å²) in [7, 11) is 1.60. The van der Waals surface area contributed by atoms with Crippen molar-refractivity contribution in [3.05, 3.63) is 65.7 Å². The van der Waals surface area contributed by atoms with E-state index in [0.717, 1.165) is 32.5 Å². The van der Waals surface area contributed by atoms with Gasteiger partial charge in [-0.15, -0.1) is 0 Å². The van der Waals surface area contributed by atoms with Crippen LogP contribution in [0.3, 0.4) is 0 Å². The van der Waals surface area contributed by atoms with Gasteiger partial charge in [0.05, 0.1) is 19.3 Å². The van der Waals surface area contributed by atoms with Crippen molar-refractivity contribution in [2.24, 2.45) is 5.92 Å². The number of likely N-dealkylation sites (tertiary alicyclic amines) is 1. The van der Waals surface area contributed by atoms with Gasteiger partial charge in [0.25, 0.3) is 5.91 Å². The van der Waals surface area contributed by atoms with Crippen LogP contribution in [0.15, 0.2) is 54.6 Å². The van der Waals surface area contributed by atoms with E-state index in [1.165, 1.54) is 5.56 Å². The van der Waals surface area contributed by atoms with E-state index in [0.29, 0.717) is 23.8 Å². The van der Waals surface area contributed by atoms with Gasteiger partial charge in [0.2, 0.25) is 0 Å². The maximum atomic E-state index is 12.7. The Morgan fingerprint density at radius 3 is 2.44 bits per heavy atom. The molecule has 0 N–H and O–H groups in total. The summed E-state index contributed by atoms with van der Waals surface area (Å²) in [6, 6.07) is 17.6. The summed E-state index contributed by atoms with van der Waals surface area (Å²) in [5.41, 5.74) is 1.84. The Labute approximate surface area is 149 Å². The fourth-order valence-electron chi connectivity index (χ4n) is 3.21. The first-order valence-electron chi connectivity index (χ1n) is 8.82. The van der Waals surface area contributed by atoms with Crippen molar-refractivity contribution in [1.29, 1.82) is 0 Å². The fourth-order valence-corrected chi connectivity index (χ4v) is 3.21. The maximum Gasteiger partial charge on any atom is 0.257 e.